The van der Waals surface area contributed by atoms with E-state index in [1.165, 1.54) is 7.11 Å². The van der Waals surface area contributed by atoms with Gasteiger partial charge in [0.15, 0.2) is 0 Å². The number of aryl methyl sites for hydroxylation is 2. The number of rotatable bonds is 8. The van der Waals surface area contributed by atoms with Crippen molar-refractivity contribution in [3.63, 3.8) is 0 Å². The lowest BCUT2D eigenvalue weighted by Gasteiger charge is -2.36. The second-order valence-electron chi connectivity index (χ2n) is 10.7. The molecule has 5 rings (SSSR count). The highest BCUT2D eigenvalue weighted by Crippen LogP contribution is 2.36. The van der Waals surface area contributed by atoms with Crippen molar-refractivity contribution in [2.75, 3.05) is 20.2 Å². The molecule has 0 bridgehead atoms. The van der Waals surface area contributed by atoms with Gasteiger partial charge in [0.1, 0.15) is 11.6 Å². The quantitative estimate of drug-likeness (QED) is 0.358. The van der Waals surface area contributed by atoms with Crippen molar-refractivity contribution < 1.29 is 9.53 Å². The molecule has 0 saturated carbocycles. The van der Waals surface area contributed by atoms with Crippen molar-refractivity contribution in [3.05, 3.63) is 81.4 Å². The zero-order valence-corrected chi connectivity index (χ0v) is 23.5. The number of nitrogens with one attached hydrogen (secondary N) is 2. The maximum atomic E-state index is 13.6. The van der Waals surface area contributed by atoms with Crippen LogP contribution in [0.5, 0.6) is 5.75 Å². The van der Waals surface area contributed by atoms with Crippen molar-refractivity contribution in [1.82, 2.24) is 29.3 Å². The van der Waals surface area contributed by atoms with Gasteiger partial charge in [-0.3, -0.25) is 14.5 Å². The first-order valence-corrected chi connectivity index (χ1v) is 13.6. The molecule has 1 amide bonds. The lowest BCUT2D eigenvalue weighted by molar-refractivity contribution is 0.0951. The van der Waals surface area contributed by atoms with Crippen LogP contribution in [0.15, 0.2) is 47.5 Å². The molecule has 1 aromatic carbocycles. The molecule has 0 aliphatic carbocycles. The Morgan fingerprint density at radius 2 is 1.97 bits per heavy atom. The highest BCUT2D eigenvalue weighted by Gasteiger charge is 2.29. The Morgan fingerprint density at radius 1 is 1.23 bits per heavy atom. The van der Waals surface area contributed by atoms with Crippen molar-refractivity contribution in [3.8, 4) is 5.75 Å². The third-order valence-corrected chi connectivity index (χ3v) is 8.27. The number of para-hydroxylation sites is 1. The van der Waals surface area contributed by atoms with Crippen LogP contribution in [0.4, 0.5) is 0 Å². The largest absolute Gasteiger partial charge is 0.496 e. The molecule has 0 radical (unpaired) electrons. The molecule has 39 heavy (non-hydrogen) atoms. The summed E-state index contributed by atoms with van der Waals surface area (Å²) in [5.74, 6) is 1.87. The molecule has 9 nitrogen and oxygen atoms in total. The highest BCUT2D eigenvalue weighted by atomic mass is 16.5. The first-order chi connectivity index (χ1) is 18.8. The summed E-state index contributed by atoms with van der Waals surface area (Å²) >= 11 is 0. The minimum atomic E-state index is -0.255. The lowest BCUT2D eigenvalue weighted by Crippen LogP contribution is -2.36. The van der Waals surface area contributed by atoms with Crippen molar-refractivity contribution in [1.29, 1.82) is 0 Å². The summed E-state index contributed by atoms with van der Waals surface area (Å²) in [6.45, 7) is 9.12. The van der Waals surface area contributed by atoms with E-state index in [4.69, 9.17) is 4.74 Å². The molecule has 1 saturated heterocycles. The van der Waals surface area contributed by atoms with Gasteiger partial charge in [0, 0.05) is 47.8 Å². The van der Waals surface area contributed by atoms with E-state index in [2.05, 4.69) is 42.3 Å². The number of carbonyl (C=O) groups is 1. The molecule has 2 N–H and O–H groups in total. The summed E-state index contributed by atoms with van der Waals surface area (Å²) in [6.07, 6.45) is 6.03. The number of hydrogen-bond acceptors (Lipinski definition) is 5. The van der Waals surface area contributed by atoms with Crippen LogP contribution in [0, 0.1) is 19.8 Å². The van der Waals surface area contributed by atoms with E-state index in [1.54, 1.807) is 13.0 Å². The van der Waals surface area contributed by atoms with E-state index < -0.39 is 0 Å². The standard InChI is InChI=1S/C30H38N6O3/c1-19-16-26(39-5)24(29(37)33-19)17-32-30(38)28-21(3)36(25-9-7-6-8-23(25)28)20(2)22-10-13-35(14-11-22)18-27-31-12-15-34(27)4/h6-9,12,15-16,20,22H,10-11,13-14,17-18H2,1-5H3,(H,32,38)(H,33,37)/t20-/m1/s1. The van der Waals surface area contributed by atoms with Gasteiger partial charge in [-0.1, -0.05) is 18.2 Å². The number of nitrogens with zero attached hydrogens (tertiary/aromatic N) is 4. The average Bonchev–Trinajstić information content (AvgIpc) is 3.46. The van der Waals surface area contributed by atoms with E-state index in [-0.39, 0.29) is 24.1 Å². The van der Waals surface area contributed by atoms with Crippen molar-refractivity contribution in [2.24, 2.45) is 13.0 Å². The summed E-state index contributed by atoms with van der Waals surface area (Å²) in [6, 6.07) is 10.1. The number of pyridine rings is 1. The average molecular weight is 531 g/mol. The molecule has 1 fully saturated rings. The highest BCUT2D eigenvalue weighted by molar-refractivity contribution is 6.08. The third-order valence-electron chi connectivity index (χ3n) is 8.27. The Bertz CT molecular complexity index is 1540. The number of imidazole rings is 1. The van der Waals surface area contributed by atoms with Crippen LogP contribution in [-0.2, 0) is 20.1 Å². The lowest BCUT2D eigenvalue weighted by atomic mass is 9.90. The van der Waals surface area contributed by atoms with Crippen LogP contribution in [0.25, 0.3) is 10.9 Å². The molecule has 4 heterocycles. The van der Waals surface area contributed by atoms with E-state index in [9.17, 15) is 9.59 Å². The topological polar surface area (TPSA) is 97.2 Å². The number of likely N-dealkylation sites (tertiary alicyclic amines) is 1. The van der Waals surface area contributed by atoms with Gasteiger partial charge in [-0.15, -0.1) is 0 Å². The predicted octanol–water partition coefficient (Wildman–Crippen LogP) is 4.09. The van der Waals surface area contributed by atoms with E-state index in [0.29, 0.717) is 28.5 Å². The maximum Gasteiger partial charge on any atom is 0.256 e. The number of amides is 1. The molecular weight excluding hydrogens is 492 g/mol. The predicted molar refractivity (Wildman–Crippen MR) is 152 cm³/mol. The van der Waals surface area contributed by atoms with Crippen LogP contribution in [0.2, 0.25) is 0 Å². The molecule has 0 unspecified atom stereocenters. The molecule has 1 aliphatic heterocycles. The smallest absolute Gasteiger partial charge is 0.256 e. The number of fused-ring (bicyclic) bond motifs is 1. The molecule has 1 aliphatic rings. The van der Waals surface area contributed by atoms with Crippen LogP contribution in [-0.4, -0.2) is 50.1 Å². The van der Waals surface area contributed by atoms with Gasteiger partial charge < -0.3 is 24.2 Å². The van der Waals surface area contributed by atoms with Crippen LogP contribution in [0.3, 0.4) is 0 Å². The Kier molecular flexibility index (Phi) is 7.61. The number of methoxy groups -OCH3 is 1. The zero-order chi connectivity index (χ0) is 27.7. The van der Waals surface area contributed by atoms with Gasteiger partial charge in [-0.05, 0) is 64.8 Å². The van der Waals surface area contributed by atoms with Crippen molar-refractivity contribution >= 4 is 16.8 Å². The van der Waals surface area contributed by atoms with E-state index in [1.807, 2.05) is 44.6 Å². The number of ether oxygens (including phenoxy) is 1. The molecule has 0 spiro atoms. The first kappa shape index (κ1) is 26.7. The Balaban J connectivity index is 1.35. The molecule has 206 valence electrons. The second kappa shape index (κ2) is 11.1. The molecular formula is C30H38N6O3. The Morgan fingerprint density at radius 3 is 2.67 bits per heavy atom. The molecule has 3 aromatic heterocycles. The summed E-state index contributed by atoms with van der Waals surface area (Å²) in [5, 5.41) is 3.91. The number of piperidine rings is 1. The van der Waals surface area contributed by atoms with E-state index in [0.717, 1.165) is 54.9 Å². The fourth-order valence-corrected chi connectivity index (χ4v) is 6.05. The van der Waals surface area contributed by atoms with Crippen LogP contribution in [0.1, 0.15) is 58.9 Å². The van der Waals surface area contributed by atoms with Crippen LogP contribution >= 0.6 is 0 Å². The van der Waals surface area contributed by atoms with E-state index >= 15 is 0 Å². The number of benzene rings is 1. The minimum Gasteiger partial charge on any atom is -0.496 e. The van der Waals surface area contributed by atoms with Gasteiger partial charge in [0.05, 0.1) is 31.3 Å². The van der Waals surface area contributed by atoms with Crippen molar-refractivity contribution in [2.45, 2.75) is 52.7 Å². The van der Waals surface area contributed by atoms with Gasteiger partial charge in [0.25, 0.3) is 11.5 Å². The maximum absolute atomic E-state index is 13.6. The second-order valence-corrected chi connectivity index (χ2v) is 10.7. The van der Waals surface area contributed by atoms with Crippen LogP contribution < -0.4 is 15.6 Å². The number of H-pyrrole nitrogens is 1. The zero-order valence-electron chi connectivity index (χ0n) is 23.5. The number of aromatic amines is 1. The number of aromatic nitrogens is 4. The summed E-state index contributed by atoms with van der Waals surface area (Å²) in [7, 11) is 3.57. The molecule has 1 atom stereocenters. The fourth-order valence-electron chi connectivity index (χ4n) is 6.05. The monoisotopic (exact) mass is 530 g/mol. The fraction of sp³-hybridized carbons (Fsp3) is 0.433. The summed E-state index contributed by atoms with van der Waals surface area (Å²) in [5.41, 5.74) is 3.53. The van der Waals surface area contributed by atoms with Gasteiger partial charge in [-0.2, -0.15) is 0 Å². The van der Waals surface area contributed by atoms with Gasteiger partial charge in [0.2, 0.25) is 0 Å². The number of hydrogen-bond donors (Lipinski definition) is 2. The van der Waals surface area contributed by atoms with Gasteiger partial charge >= 0.3 is 0 Å². The Labute approximate surface area is 228 Å². The Hall–Kier alpha value is -3.85. The normalized spacial score (nSPS) is 15.5. The SMILES string of the molecule is COc1cc(C)[nH]c(=O)c1CNC(=O)c1c(C)n([C@H](C)C2CCN(Cc3nccn3C)CC2)c2ccccc12. The van der Waals surface area contributed by atoms with Gasteiger partial charge in [-0.25, -0.2) is 4.98 Å². The molecule has 9 heteroatoms. The summed E-state index contributed by atoms with van der Waals surface area (Å²) in [4.78, 5) is 35.9. The minimum absolute atomic E-state index is 0.0839. The first-order valence-electron chi connectivity index (χ1n) is 13.6. The molecule has 4 aromatic rings. The number of carbonyl (C=O) groups excluding carboxylic acids is 1. The summed E-state index contributed by atoms with van der Waals surface area (Å²) < 4.78 is 9.82. The third kappa shape index (κ3) is 5.23.